The molecule has 0 aliphatic heterocycles. The molecular weight excluding hydrogens is 314 g/mol. The average molecular weight is 334 g/mol. The lowest BCUT2D eigenvalue weighted by molar-refractivity contribution is -0.144. The van der Waals surface area contributed by atoms with Crippen molar-refractivity contribution in [3.05, 3.63) is 64.7 Å². The Kier molecular flexibility index (Phi) is 6.44. The number of hydrogen-bond acceptors (Lipinski definition) is 4. The Bertz CT molecular complexity index is 626. The zero-order valence-electron chi connectivity index (χ0n) is 13.0. The molecule has 2 rings (SSSR count). The average Bonchev–Trinajstić information content (AvgIpc) is 2.56. The molecule has 2 aromatic carbocycles. The van der Waals surface area contributed by atoms with Gasteiger partial charge in [0.25, 0.3) is 0 Å². The molecule has 23 heavy (non-hydrogen) atoms. The Balaban J connectivity index is 1.86. The molecule has 1 atom stereocenters. The van der Waals surface area contributed by atoms with Crippen molar-refractivity contribution >= 4 is 17.6 Å². The first kappa shape index (κ1) is 17.3. The van der Waals surface area contributed by atoms with Crippen LogP contribution >= 0.6 is 11.6 Å². The van der Waals surface area contributed by atoms with Crippen molar-refractivity contribution in [2.45, 2.75) is 26.0 Å². The van der Waals surface area contributed by atoms with Gasteiger partial charge in [-0.15, -0.1) is 0 Å². The normalized spacial score (nSPS) is 11.8. The topological polar surface area (TPSA) is 61.5 Å². The number of ether oxygens (including phenoxy) is 2. The van der Waals surface area contributed by atoms with Gasteiger partial charge in [-0.2, -0.15) is 0 Å². The maximum Gasteiger partial charge on any atom is 0.323 e. The van der Waals surface area contributed by atoms with Crippen LogP contribution in [0.5, 0.6) is 5.75 Å². The smallest absolute Gasteiger partial charge is 0.323 e. The molecule has 2 N–H and O–H groups in total. The van der Waals surface area contributed by atoms with Gasteiger partial charge < -0.3 is 15.2 Å². The molecule has 5 heteroatoms. The van der Waals surface area contributed by atoms with Gasteiger partial charge in [0.15, 0.2) is 0 Å². The first-order valence-electron chi connectivity index (χ1n) is 7.47. The molecule has 2 aromatic rings. The van der Waals surface area contributed by atoms with Crippen LogP contribution in [0.3, 0.4) is 0 Å². The van der Waals surface area contributed by atoms with Crippen LogP contribution in [-0.2, 0) is 22.6 Å². The summed E-state index contributed by atoms with van der Waals surface area (Å²) in [6.45, 7) is 2.57. The zero-order valence-corrected chi connectivity index (χ0v) is 13.8. The predicted molar refractivity (Wildman–Crippen MR) is 90.5 cm³/mol. The van der Waals surface area contributed by atoms with Crippen molar-refractivity contribution in [1.82, 2.24) is 0 Å². The van der Waals surface area contributed by atoms with E-state index in [1.807, 2.05) is 48.5 Å². The molecule has 0 aliphatic rings. The summed E-state index contributed by atoms with van der Waals surface area (Å²) < 4.78 is 10.6. The van der Waals surface area contributed by atoms with Crippen LogP contribution in [-0.4, -0.2) is 18.6 Å². The number of benzene rings is 2. The fraction of sp³-hybridized carbons (Fsp3) is 0.278. The number of rotatable bonds is 7. The largest absolute Gasteiger partial charge is 0.489 e. The van der Waals surface area contributed by atoms with Crippen molar-refractivity contribution in [3.8, 4) is 5.75 Å². The fourth-order valence-electron chi connectivity index (χ4n) is 2.06. The quantitative estimate of drug-likeness (QED) is 0.789. The van der Waals surface area contributed by atoms with Gasteiger partial charge in [-0.3, -0.25) is 4.79 Å². The Morgan fingerprint density at radius 2 is 1.70 bits per heavy atom. The minimum Gasteiger partial charge on any atom is -0.489 e. The molecule has 0 heterocycles. The van der Waals surface area contributed by atoms with Crippen LogP contribution in [0.1, 0.15) is 18.1 Å². The summed E-state index contributed by atoms with van der Waals surface area (Å²) >= 11 is 5.85. The first-order valence-corrected chi connectivity index (χ1v) is 7.84. The van der Waals surface area contributed by atoms with Gasteiger partial charge in [0.05, 0.1) is 6.61 Å². The Morgan fingerprint density at radius 1 is 1.09 bits per heavy atom. The summed E-state index contributed by atoms with van der Waals surface area (Å²) in [5, 5.41) is 0.705. The van der Waals surface area contributed by atoms with Crippen LogP contribution in [0.2, 0.25) is 5.02 Å². The molecule has 0 fully saturated rings. The van der Waals surface area contributed by atoms with E-state index in [2.05, 4.69) is 0 Å². The van der Waals surface area contributed by atoms with E-state index in [0.717, 1.165) is 16.9 Å². The number of carbonyl (C=O) groups excluding carboxylic acids is 1. The maximum absolute atomic E-state index is 11.5. The monoisotopic (exact) mass is 333 g/mol. The molecule has 0 bridgehead atoms. The molecule has 0 amide bonds. The van der Waals surface area contributed by atoms with Crippen molar-refractivity contribution in [3.63, 3.8) is 0 Å². The van der Waals surface area contributed by atoms with E-state index in [4.69, 9.17) is 26.8 Å². The van der Waals surface area contributed by atoms with Crippen molar-refractivity contribution in [2.24, 2.45) is 5.73 Å². The molecule has 0 saturated carbocycles. The molecular formula is C18H20ClNO3. The van der Waals surface area contributed by atoms with Gasteiger partial charge in [0, 0.05) is 5.02 Å². The Morgan fingerprint density at radius 3 is 2.30 bits per heavy atom. The second-order valence-corrected chi connectivity index (χ2v) is 5.56. The van der Waals surface area contributed by atoms with Crippen molar-refractivity contribution < 1.29 is 14.3 Å². The molecule has 4 nitrogen and oxygen atoms in total. The Labute approximate surface area is 141 Å². The molecule has 0 spiro atoms. The van der Waals surface area contributed by atoms with Crippen LogP contribution in [0, 0.1) is 0 Å². The third kappa shape index (κ3) is 5.58. The highest BCUT2D eigenvalue weighted by atomic mass is 35.5. The zero-order chi connectivity index (χ0) is 16.7. The van der Waals surface area contributed by atoms with E-state index in [1.54, 1.807) is 6.92 Å². The minimum atomic E-state index is -0.643. The lowest BCUT2D eigenvalue weighted by Gasteiger charge is -2.11. The van der Waals surface area contributed by atoms with Crippen LogP contribution in [0.4, 0.5) is 0 Å². The standard InChI is InChI=1S/C18H20ClNO3/c1-2-22-18(21)17(20)11-13-5-9-16(10-6-13)23-12-14-3-7-15(19)8-4-14/h3-10,17H,2,11-12,20H2,1H3/t17-/m0/s1. The van der Waals surface area contributed by atoms with Crippen molar-refractivity contribution in [2.75, 3.05) is 6.61 Å². The van der Waals surface area contributed by atoms with Crippen molar-refractivity contribution in [1.29, 1.82) is 0 Å². The molecule has 0 aliphatic carbocycles. The van der Waals surface area contributed by atoms with E-state index in [0.29, 0.717) is 24.7 Å². The molecule has 122 valence electrons. The number of hydrogen-bond donors (Lipinski definition) is 1. The van der Waals surface area contributed by atoms with E-state index >= 15 is 0 Å². The molecule has 0 aromatic heterocycles. The van der Waals surface area contributed by atoms with Gasteiger partial charge in [-0.25, -0.2) is 0 Å². The minimum absolute atomic E-state index is 0.337. The first-order chi connectivity index (χ1) is 11.1. The summed E-state index contributed by atoms with van der Waals surface area (Å²) in [4.78, 5) is 11.5. The van der Waals surface area contributed by atoms with E-state index in [1.165, 1.54) is 0 Å². The van der Waals surface area contributed by atoms with Gasteiger partial charge in [0.1, 0.15) is 18.4 Å². The second kappa shape index (κ2) is 8.56. The van der Waals surface area contributed by atoms with E-state index in [-0.39, 0.29) is 5.97 Å². The number of nitrogens with two attached hydrogens (primary N) is 1. The van der Waals surface area contributed by atoms with Gasteiger partial charge in [0.2, 0.25) is 0 Å². The third-order valence-electron chi connectivity index (χ3n) is 3.29. The van der Waals surface area contributed by atoms with Crippen LogP contribution < -0.4 is 10.5 Å². The fourth-order valence-corrected chi connectivity index (χ4v) is 2.18. The summed E-state index contributed by atoms with van der Waals surface area (Å²) in [6, 6.07) is 14.4. The molecule has 0 radical (unpaired) electrons. The van der Waals surface area contributed by atoms with Gasteiger partial charge in [-0.1, -0.05) is 35.9 Å². The van der Waals surface area contributed by atoms with Gasteiger partial charge in [-0.05, 0) is 48.7 Å². The number of esters is 1. The summed E-state index contributed by atoms with van der Waals surface area (Å²) in [6.07, 6.45) is 0.441. The van der Waals surface area contributed by atoms with Crippen LogP contribution in [0.15, 0.2) is 48.5 Å². The highest BCUT2D eigenvalue weighted by molar-refractivity contribution is 6.30. The highest BCUT2D eigenvalue weighted by Crippen LogP contribution is 2.16. The lowest BCUT2D eigenvalue weighted by atomic mass is 10.1. The predicted octanol–water partition coefficient (Wildman–Crippen LogP) is 3.35. The third-order valence-corrected chi connectivity index (χ3v) is 3.54. The highest BCUT2D eigenvalue weighted by Gasteiger charge is 2.14. The number of halogens is 1. The molecule has 0 unspecified atom stereocenters. The summed E-state index contributed by atoms with van der Waals surface area (Å²) in [5.74, 6) is 0.379. The second-order valence-electron chi connectivity index (χ2n) is 5.12. The SMILES string of the molecule is CCOC(=O)[C@@H](N)Cc1ccc(OCc2ccc(Cl)cc2)cc1. The van der Waals surface area contributed by atoms with Crippen LogP contribution in [0.25, 0.3) is 0 Å². The summed E-state index contributed by atoms with van der Waals surface area (Å²) in [7, 11) is 0. The van der Waals surface area contributed by atoms with E-state index in [9.17, 15) is 4.79 Å². The Hall–Kier alpha value is -2.04. The summed E-state index contributed by atoms with van der Waals surface area (Å²) in [5.41, 5.74) is 7.81. The van der Waals surface area contributed by atoms with Gasteiger partial charge >= 0.3 is 5.97 Å². The number of carbonyl (C=O) groups is 1. The van der Waals surface area contributed by atoms with E-state index < -0.39 is 6.04 Å². The maximum atomic E-state index is 11.5. The lowest BCUT2D eigenvalue weighted by Crippen LogP contribution is -2.34. The molecule has 0 saturated heterocycles.